The molecule has 0 spiro atoms. The van der Waals surface area contributed by atoms with Crippen LogP contribution >= 0.6 is 0 Å². The van der Waals surface area contributed by atoms with Crippen molar-refractivity contribution in [3.63, 3.8) is 0 Å². The van der Waals surface area contributed by atoms with E-state index in [-0.39, 0.29) is 11.9 Å². The summed E-state index contributed by atoms with van der Waals surface area (Å²) in [5.41, 5.74) is 10.3. The average Bonchev–Trinajstić information content (AvgIpc) is 2.90. The molecule has 4 N–H and O–H groups in total. The molecule has 7 heteroatoms. The van der Waals surface area contributed by atoms with Gasteiger partial charge in [0.05, 0.1) is 17.8 Å². The van der Waals surface area contributed by atoms with Gasteiger partial charge < -0.3 is 21.1 Å². The van der Waals surface area contributed by atoms with Crippen LogP contribution in [0.2, 0.25) is 0 Å². The van der Waals surface area contributed by atoms with Crippen LogP contribution in [0, 0.1) is 0 Å². The van der Waals surface area contributed by atoms with E-state index in [0.29, 0.717) is 36.8 Å². The van der Waals surface area contributed by atoms with Gasteiger partial charge in [-0.2, -0.15) is 0 Å². The van der Waals surface area contributed by atoms with Crippen molar-refractivity contribution in [2.45, 2.75) is 19.5 Å². The Morgan fingerprint density at radius 2 is 2.20 bits per heavy atom. The first kappa shape index (κ1) is 15.6. The molecule has 0 radical (unpaired) electrons. The molecule has 2 aliphatic heterocycles. The quantitative estimate of drug-likeness (QED) is 0.720. The van der Waals surface area contributed by atoms with Crippen LogP contribution in [-0.2, 0) is 6.54 Å². The van der Waals surface area contributed by atoms with Gasteiger partial charge in [-0.3, -0.25) is 4.79 Å². The third-order valence-electron chi connectivity index (χ3n) is 4.42. The van der Waals surface area contributed by atoms with E-state index in [0.717, 1.165) is 22.4 Å². The van der Waals surface area contributed by atoms with Crippen LogP contribution in [0.4, 0.5) is 5.82 Å². The first-order valence-electron chi connectivity index (χ1n) is 8.24. The third kappa shape index (κ3) is 2.83. The van der Waals surface area contributed by atoms with Crippen LogP contribution in [-0.4, -0.2) is 35.1 Å². The highest BCUT2D eigenvalue weighted by molar-refractivity contribution is 5.98. The van der Waals surface area contributed by atoms with Crippen molar-refractivity contribution < 1.29 is 9.53 Å². The number of rotatable bonds is 1. The number of hydrogen-bond acceptors (Lipinski definition) is 6. The summed E-state index contributed by atoms with van der Waals surface area (Å²) in [6, 6.07) is 5.73. The lowest BCUT2D eigenvalue weighted by Gasteiger charge is -2.14. The van der Waals surface area contributed by atoms with E-state index in [1.165, 1.54) is 6.33 Å². The lowest BCUT2D eigenvalue weighted by atomic mass is 9.94. The van der Waals surface area contributed by atoms with E-state index in [9.17, 15) is 4.79 Å². The first-order valence-corrected chi connectivity index (χ1v) is 8.24. The summed E-state index contributed by atoms with van der Waals surface area (Å²) in [5, 5.41) is 6.20. The Hall–Kier alpha value is -2.93. The number of amides is 1. The average molecular weight is 337 g/mol. The second-order valence-electron chi connectivity index (χ2n) is 6.15. The number of nitrogens with one attached hydrogen (secondary N) is 2. The molecule has 25 heavy (non-hydrogen) atoms. The number of carbonyl (C=O) groups excluding carboxylic acids is 1. The van der Waals surface area contributed by atoms with Crippen molar-refractivity contribution >= 4 is 17.3 Å². The highest BCUT2D eigenvalue weighted by Gasteiger charge is 2.22. The zero-order valence-corrected chi connectivity index (χ0v) is 13.9. The molecule has 0 saturated heterocycles. The van der Waals surface area contributed by atoms with E-state index >= 15 is 0 Å². The molecule has 0 unspecified atom stereocenters. The van der Waals surface area contributed by atoms with Crippen molar-refractivity contribution in [1.82, 2.24) is 20.6 Å². The first-order chi connectivity index (χ1) is 12.1. The predicted molar refractivity (Wildman–Crippen MR) is 94.1 cm³/mol. The molecule has 0 bridgehead atoms. The lowest BCUT2D eigenvalue weighted by Crippen LogP contribution is -2.24. The number of nitrogens with zero attached hydrogens (tertiary/aromatic N) is 2. The summed E-state index contributed by atoms with van der Waals surface area (Å²) in [6.45, 7) is 3.63. The van der Waals surface area contributed by atoms with Crippen molar-refractivity contribution in [3.05, 3.63) is 53.0 Å². The Labute approximate surface area is 145 Å². The molecular weight excluding hydrogens is 318 g/mol. The fourth-order valence-electron chi connectivity index (χ4n) is 3.17. The molecule has 1 atom stereocenters. The summed E-state index contributed by atoms with van der Waals surface area (Å²) in [4.78, 5) is 20.6. The van der Waals surface area contributed by atoms with Gasteiger partial charge in [-0.25, -0.2) is 9.97 Å². The number of nitrogens with two attached hydrogens (primary N) is 1. The van der Waals surface area contributed by atoms with Crippen LogP contribution < -0.4 is 21.1 Å². The standard InChI is InChI=1S/C18H19N5O2/c1-10-6-13(16-14(8-21-10)22-9-23-17(16)19)11-2-3-12-15(7-11)25-5-4-20-18(12)24/h2-3,6-7,9-10,21H,4-5,8H2,1H3,(H,20,24)(H2,19,22,23)/t10-/m1/s1. The molecule has 7 nitrogen and oxygen atoms in total. The van der Waals surface area contributed by atoms with E-state index in [2.05, 4.69) is 33.6 Å². The largest absolute Gasteiger partial charge is 0.491 e. The number of hydrogen-bond donors (Lipinski definition) is 3. The molecule has 2 aliphatic rings. The van der Waals surface area contributed by atoms with Gasteiger partial charge >= 0.3 is 0 Å². The Morgan fingerprint density at radius 1 is 1.32 bits per heavy atom. The van der Waals surface area contributed by atoms with Gasteiger partial charge in [0.15, 0.2) is 0 Å². The molecule has 2 aromatic rings. The van der Waals surface area contributed by atoms with Gasteiger partial charge in [0, 0.05) is 18.2 Å². The number of ether oxygens (including phenoxy) is 1. The van der Waals surface area contributed by atoms with Crippen LogP contribution in [0.3, 0.4) is 0 Å². The Bertz CT molecular complexity index is 878. The van der Waals surface area contributed by atoms with E-state index in [1.54, 1.807) is 6.07 Å². The van der Waals surface area contributed by atoms with Crippen LogP contribution in [0.25, 0.3) is 5.57 Å². The summed E-state index contributed by atoms with van der Waals surface area (Å²) in [6.07, 6.45) is 3.58. The zero-order chi connectivity index (χ0) is 17.4. The summed E-state index contributed by atoms with van der Waals surface area (Å²) >= 11 is 0. The highest BCUT2D eigenvalue weighted by atomic mass is 16.5. The van der Waals surface area contributed by atoms with Crippen molar-refractivity contribution in [3.8, 4) is 5.75 Å². The van der Waals surface area contributed by atoms with Gasteiger partial charge in [0.1, 0.15) is 24.5 Å². The fraction of sp³-hybridized carbons (Fsp3) is 0.278. The minimum atomic E-state index is -0.118. The van der Waals surface area contributed by atoms with Crippen molar-refractivity contribution in [1.29, 1.82) is 0 Å². The number of fused-ring (bicyclic) bond motifs is 2. The second-order valence-corrected chi connectivity index (χ2v) is 6.15. The molecule has 4 rings (SSSR count). The second kappa shape index (κ2) is 6.18. The van der Waals surface area contributed by atoms with E-state index in [4.69, 9.17) is 10.5 Å². The summed E-state index contributed by atoms with van der Waals surface area (Å²) in [7, 11) is 0. The topological polar surface area (TPSA) is 102 Å². The fourth-order valence-corrected chi connectivity index (χ4v) is 3.17. The maximum atomic E-state index is 12.1. The molecule has 128 valence electrons. The van der Waals surface area contributed by atoms with Crippen LogP contribution in [0.15, 0.2) is 30.6 Å². The lowest BCUT2D eigenvalue weighted by molar-refractivity contribution is 0.0957. The Balaban J connectivity index is 1.87. The number of anilines is 1. The van der Waals surface area contributed by atoms with Gasteiger partial charge in [-0.1, -0.05) is 12.1 Å². The normalized spacial score (nSPS) is 19.5. The minimum Gasteiger partial charge on any atom is -0.491 e. The highest BCUT2D eigenvalue weighted by Crippen LogP contribution is 2.34. The number of benzene rings is 1. The zero-order valence-electron chi connectivity index (χ0n) is 13.9. The van der Waals surface area contributed by atoms with Gasteiger partial charge in [-0.15, -0.1) is 0 Å². The Morgan fingerprint density at radius 3 is 3.08 bits per heavy atom. The molecular formula is C18H19N5O2. The van der Waals surface area contributed by atoms with Gasteiger partial charge in [-0.05, 0) is 30.2 Å². The Kier molecular flexibility index (Phi) is 3.85. The molecule has 0 saturated carbocycles. The van der Waals surface area contributed by atoms with Crippen LogP contribution in [0.1, 0.15) is 34.1 Å². The van der Waals surface area contributed by atoms with E-state index < -0.39 is 0 Å². The molecule has 1 amide bonds. The molecule has 0 aliphatic carbocycles. The van der Waals surface area contributed by atoms with Crippen LogP contribution in [0.5, 0.6) is 5.75 Å². The minimum absolute atomic E-state index is 0.118. The predicted octanol–water partition coefficient (Wildman–Crippen LogP) is 1.10. The maximum Gasteiger partial charge on any atom is 0.255 e. The molecule has 0 fully saturated rings. The summed E-state index contributed by atoms with van der Waals surface area (Å²) in [5.74, 6) is 0.906. The molecule has 1 aromatic carbocycles. The maximum absolute atomic E-state index is 12.1. The summed E-state index contributed by atoms with van der Waals surface area (Å²) < 4.78 is 5.74. The third-order valence-corrected chi connectivity index (χ3v) is 4.42. The monoisotopic (exact) mass is 337 g/mol. The number of aromatic nitrogens is 2. The van der Waals surface area contributed by atoms with Gasteiger partial charge in [0.2, 0.25) is 0 Å². The number of nitrogen functional groups attached to an aromatic ring is 1. The number of carbonyl (C=O) groups is 1. The van der Waals surface area contributed by atoms with Crippen molar-refractivity contribution in [2.75, 3.05) is 18.9 Å². The van der Waals surface area contributed by atoms with E-state index in [1.807, 2.05) is 12.1 Å². The smallest absolute Gasteiger partial charge is 0.255 e. The SMILES string of the molecule is C[C@@H]1C=C(c2ccc3c(c2)OCCNC3=O)c2c(N)ncnc2CN1. The molecule has 3 heterocycles. The molecule has 1 aromatic heterocycles. The van der Waals surface area contributed by atoms with Crippen molar-refractivity contribution in [2.24, 2.45) is 0 Å². The van der Waals surface area contributed by atoms with Gasteiger partial charge in [0.25, 0.3) is 5.91 Å².